The summed E-state index contributed by atoms with van der Waals surface area (Å²) in [6.07, 6.45) is 6.39. The average molecular weight is 317 g/mol. The molecule has 2 atom stereocenters. The molecule has 2 nitrogen and oxygen atoms in total. The number of benzene rings is 1. The Labute approximate surface area is 136 Å². The highest BCUT2D eigenvalue weighted by atomic mass is 32.2. The van der Waals surface area contributed by atoms with Crippen molar-refractivity contribution >= 4 is 11.0 Å². The van der Waals surface area contributed by atoms with Gasteiger partial charge in [0, 0.05) is 12.6 Å². The van der Waals surface area contributed by atoms with Gasteiger partial charge in [0.15, 0.2) is 0 Å². The standard InChI is InChI=1S/C19H27NOS/c1-17(2,3)22(21)20-11-7-10-16(20)19-12-18(13-19,14-19)15-8-5-4-6-9-15/h4-6,8-9,16H,7,10-14H2,1-3H3/t16-,18?,19?,22+/m1/s1. The van der Waals surface area contributed by atoms with Crippen LogP contribution in [0.3, 0.4) is 0 Å². The van der Waals surface area contributed by atoms with Crippen molar-refractivity contribution in [3.05, 3.63) is 35.9 Å². The quantitative estimate of drug-likeness (QED) is 0.824. The van der Waals surface area contributed by atoms with E-state index in [1.165, 1.54) is 37.7 Å². The highest BCUT2D eigenvalue weighted by Gasteiger charge is 2.72. The van der Waals surface area contributed by atoms with E-state index >= 15 is 0 Å². The summed E-state index contributed by atoms with van der Waals surface area (Å²) < 4.78 is 15.1. The summed E-state index contributed by atoms with van der Waals surface area (Å²) >= 11 is 0. The molecule has 5 rings (SSSR count). The molecule has 120 valence electrons. The molecule has 3 aliphatic carbocycles. The third-order valence-electron chi connectivity index (χ3n) is 6.10. The van der Waals surface area contributed by atoms with Crippen LogP contribution in [0.4, 0.5) is 0 Å². The molecule has 4 fully saturated rings. The van der Waals surface area contributed by atoms with E-state index in [0.29, 0.717) is 16.9 Å². The van der Waals surface area contributed by atoms with Crippen LogP contribution >= 0.6 is 0 Å². The van der Waals surface area contributed by atoms with Crippen molar-refractivity contribution in [2.45, 2.75) is 69.1 Å². The average Bonchev–Trinajstić information content (AvgIpc) is 2.84. The smallest absolute Gasteiger partial charge is 0.1000 e. The van der Waals surface area contributed by atoms with Gasteiger partial charge in [0.25, 0.3) is 0 Å². The summed E-state index contributed by atoms with van der Waals surface area (Å²) in [7, 11) is -0.857. The van der Waals surface area contributed by atoms with Crippen molar-refractivity contribution in [1.29, 1.82) is 0 Å². The Morgan fingerprint density at radius 1 is 1.14 bits per heavy atom. The fraction of sp³-hybridized carbons (Fsp3) is 0.684. The van der Waals surface area contributed by atoms with E-state index in [4.69, 9.17) is 0 Å². The lowest BCUT2D eigenvalue weighted by Gasteiger charge is -2.74. The van der Waals surface area contributed by atoms with Gasteiger partial charge in [0.1, 0.15) is 0 Å². The molecular formula is C19H27NOS. The van der Waals surface area contributed by atoms with Crippen LogP contribution in [-0.4, -0.2) is 25.8 Å². The Kier molecular flexibility index (Phi) is 3.16. The van der Waals surface area contributed by atoms with Crippen LogP contribution in [0.5, 0.6) is 0 Å². The highest BCUT2D eigenvalue weighted by molar-refractivity contribution is 7.84. The molecule has 0 radical (unpaired) electrons. The second-order valence-corrected chi connectivity index (χ2v) is 10.9. The van der Waals surface area contributed by atoms with Crippen LogP contribution in [0.1, 0.15) is 58.4 Å². The van der Waals surface area contributed by atoms with Gasteiger partial charge in [-0.1, -0.05) is 30.3 Å². The molecule has 2 bridgehead atoms. The summed E-state index contributed by atoms with van der Waals surface area (Å²) in [6, 6.07) is 11.6. The molecule has 0 spiro atoms. The molecule has 0 amide bonds. The maximum atomic E-state index is 12.9. The fourth-order valence-corrected chi connectivity index (χ4v) is 6.78. The summed E-state index contributed by atoms with van der Waals surface area (Å²) in [5.74, 6) is 0. The minimum Gasteiger partial charge on any atom is -0.242 e. The predicted octanol–water partition coefficient (Wildman–Crippen LogP) is 4.03. The molecule has 3 heteroatoms. The van der Waals surface area contributed by atoms with Crippen LogP contribution in [0.15, 0.2) is 30.3 Å². The molecule has 1 heterocycles. The second kappa shape index (κ2) is 4.67. The zero-order valence-electron chi connectivity index (χ0n) is 14.0. The lowest BCUT2D eigenvalue weighted by Crippen LogP contribution is -2.71. The molecule has 1 aromatic rings. The second-order valence-electron chi connectivity index (χ2n) is 8.70. The Morgan fingerprint density at radius 2 is 1.77 bits per heavy atom. The first-order chi connectivity index (χ1) is 10.4. The van der Waals surface area contributed by atoms with Gasteiger partial charge in [-0.25, -0.2) is 8.51 Å². The predicted molar refractivity (Wildman–Crippen MR) is 92.0 cm³/mol. The summed E-state index contributed by atoms with van der Waals surface area (Å²) in [6.45, 7) is 7.33. The molecular weight excluding hydrogens is 290 g/mol. The highest BCUT2D eigenvalue weighted by Crippen LogP contribution is 2.76. The van der Waals surface area contributed by atoms with Gasteiger partial charge in [-0.15, -0.1) is 0 Å². The van der Waals surface area contributed by atoms with Crippen LogP contribution in [0, 0.1) is 5.41 Å². The van der Waals surface area contributed by atoms with Gasteiger partial charge in [0.2, 0.25) is 0 Å². The Morgan fingerprint density at radius 3 is 2.36 bits per heavy atom. The number of hydrogen-bond acceptors (Lipinski definition) is 1. The summed E-state index contributed by atoms with van der Waals surface area (Å²) in [5.41, 5.74) is 2.45. The SMILES string of the molecule is CC(C)(C)[S@](=O)N1CCC[C@@H]1C12CC(c3ccccc3)(C1)C2. The molecule has 1 aromatic carbocycles. The van der Waals surface area contributed by atoms with Crippen molar-refractivity contribution in [3.8, 4) is 0 Å². The minimum atomic E-state index is -0.857. The Bertz CT molecular complexity index is 584. The first-order valence-electron chi connectivity index (χ1n) is 8.61. The van der Waals surface area contributed by atoms with Crippen LogP contribution in [0.25, 0.3) is 0 Å². The molecule has 0 unspecified atom stereocenters. The monoisotopic (exact) mass is 317 g/mol. The Balaban J connectivity index is 1.50. The van der Waals surface area contributed by atoms with Crippen molar-refractivity contribution in [1.82, 2.24) is 4.31 Å². The molecule has 22 heavy (non-hydrogen) atoms. The van der Waals surface area contributed by atoms with E-state index in [0.717, 1.165) is 6.54 Å². The van der Waals surface area contributed by atoms with Crippen LogP contribution in [-0.2, 0) is 16.4 Å². The van der Waals surface area contributed by atoms with Crippen molar-refractivity contribution < 1.29 is 4.21 Å². The van der Waals surface area contributed by atoms with Gasteiger partial charge in [-0.3, -0.25) is 0 Å². The zero-order valence-corrected chi connectivity index (χ0v) is 14.8. The molecule has 1 aliphatic heterocycles. The largest absolute Gasteiger partial charge is 0.242 e. The molecule has 3 saturated carbocycles. The van der Waals surface area contributed by atoms with E-state index in [-0.39, 0.29) is 4.75 Å². The van der Waals surface area contributed by atoms with Crippen molar-refractivity contribution in [2.75, 3.05) is 6.54 Å². The van der Waals surface area contributed by atoms with Crippen LogP contribution < -0.4 is 0 Å². The first-order valence-corrected chi connectivity index (χ1v) is 9.71. The van der Waals surface area contributed by atoms with Gasteiger partial charge in [-0.2, -0.15) is 0 Å². The lowest BCUT2D eigenvalue weighted by molar-refractivity contribution is -0.172. The molecule has 0 N–H and O–H groups in total. The molecule has 0 aromatic heterocycles. The topological polar surface area (TPSA) is 20.3 Å². The molecule has 4 aliphatic rings. The number of nitrogens with zero attached hydrogens (tertiary/aromatic N) is 1. The number of rotatable bonds is 3. The van der Waals surface area contributed by atoms with Crippen molar-refractivity contribution in [3.63, 3.8) is 0 Å². The van der Waals surface area contributed by atoms with E-state index in [9.17, 15) is 4.21 Å². The maximum absolute atomic E-state index is 12.9. The van der Waals surface area contributed by atoms with Gasteiger partial charge in [-0.05, 0) is 69.3 Å². The molecule has 1 saturated heterocycles. The Hall–Kier alpha value is -0.670. The number of hydrogen-bond donors (Lipinski definition) is 0. The van der Waals surface area contributed by atoms with Crippen LogP contribution in [0.2, 0.25) is 0 Å². The van der Waals surface area contributed by atoms with E-state index in [2.05, 4.69) is 55.4 Å². The maximum Gasteiger partial charge on any atom is 0.1000 e. The summed E-state index contributed by atoms with van der Waals surface area (Å²) in [5, 5.41) is 0. The lowest BCUT2D eigenvalue weighted by atomic mass is 9.31. The van der Waals surface area contributed by atoms with E-state index in [1.807, 2.05) is 0 Å². The zero-order chi connectivity index (χ0) is 15.6. The normalized spacial score (nSPS) is 39.1. The summed E-state index contributed by atoms with van der Waals surface area (Å²) in [4.78, 5) is 0. The van der Waals surface area contributed by atoms with Gasteiger partial charge in [0.05, 0.1) is 15.7 Å². The third kappa shape index (κ3) is 1.98. The van der Waals surface area contributed by atoms with Gasteiger partial charge >= 0.3 is 0 Å². The van der Waals surface area contributed by atoms with Gasteiger partial charge < -0.3 is 0 Å². The third-order valence-corrected chi connectivity index (χ3v) is 8.02. The van der Waals surface area contributed by atoms with E-state index < -0.39 is 11.0 Å². The fourth-order valence-electron chi connectivity index (χ4n) is 5.22. The van der Waals surface area contributed by atoms with Crippen molar-refractivity contribution in [2.24, 2.45) is 5.41 Å². The first kappa shape index (κ1) is 14.9. The van der Waals surface area contributed by atoms with E-state index in [1.54, 1.807) is 0 Å². The minimum absolute atomic E-state index is 0.136.